The van der Waals surface area contributed by atoms with Crippen molar-refractivity contribution in [1.29, 1.82) is 0 Å². The molecule has 2 rings (SSSR count). The third kappa shape index (κ3) is 4.13. The number of nitro benzene ring substituents is 1. The third-order valence-electron chi connectivity index (χ3n) is 2.68. The van der Waals surface area contributed by atoms with Crippen LogP contribution >= 0.6 is 12.2 Å². The quantitative estimate of drug-likeness (QED) is 0.381. The van der Waals surface area contributed by atoms with Gasteiger partial charge >= 0.3 is 0 Å². The Morgan fingerprint density at radius 1 is 1.36 bits per heavy atom. The predicted octanol–water partition coefficient (Wildman–Crippen LogP) is 2.67. The Hall–Kier alpha value is -2.74. The topological polar surface area (TPSA) is 92.7 Å². The van der Waals surface area contributed by atoms with Crippen LogP contribution in [0.4, 0.5) is 5.69 Å². The summed E-state index contributed by atoms with van der Waals surface area (Å²) in [6.45, 7) is 2.65. The fraction of sp³-hybridized carbons (Fsp3) is 0.143. The fourth-order valence-electron chi connectivity index (χ4n) is 1.68. The molecule has 0 atom stereocenters. The lowest BCUT2D eigenvalue weighted by Crippen LogP contribution is -2.31. The summed E-state index contributed by atoms with van der Waals surface area (Å²) in [5.41, 5.74) is 3.45. The highest BCUT2D eigenvalue weighted by molar-refractivity contribution is 7.80. The molecule has 1 heterocycles. The van der Waals surface area contributed by atoms with Gasteiger partial charge in [0.25, 0.3) is 5.69 Å². The molecule has 0 aliphatic rings. The summed E-state index contributed by atoms with van der Waals surface area (Å²) in [7, 11) is 0. The summed E-state index contributed by atoms with van der Waals surface area (Å²) >= 11 is 4.96. The van der Waals surface area contributed by atoms with E-state index in [2.05, 4.69) is 15.8 Å². The van der Waals surface area contributed by atoms with E-state index in [1.54, 1.807) is 24.3 Å². The second-order valence-corrected chi connectivity index (χ2v) is 4.64. The Morgan fingerprint density at radius 3 is 2.73 bits per heavy atom. The molecule has 8 heteroatoms. The Morgan fingerprint density at radius 2 is 2.09 bits per heavy atom. The molecule has 0 saturated heterocycles. The molecular weight excluding hydrogens is 304 g/mol. The maximum atomic E-state index is 10.6. The first-order valence-corrected chi connectivity index (χ1v) is 6.92. The van der Waals surface area contributed by atoms with E-state index in [0.29, 0.717) is 23.2 Å². The van der Waals surface area contributed by atoms with E-state index >= 15 is 0 Å². The zero-order valence-corrected chi connectivity index (χ0v) is 12.6. The number of hydrogen-bond donors (Lipinski definition) is 2. The van der Waals surface area contributed by atoms with Gasteiger partial charge in [-0.05, 0) is 43.4 Å². The van der Waals surface area contributed by atoms with Crippen LogP contribution in [-0.4, -0.2) is 22.8 Å². The SMILES string of the molecule is CCNC(=S)N/N=C/c1ccc(-c2ccc([N+](=O)[O-])cc2)o1. The van der Waals surface area contributed by atoms with Crippen LogP contribution in [0.5, 0.6) is 0 Å². The second-order valence-electron chi connectivity index (χ2n) is 4.24. The van der Waals surface area contributed by atoms with E-state index in [-0.39, 0.29) is 5.69 Å². The molecule has 0 unspecified atom stereocenters. The van der Waals surface area contributed by atoms with Crippen molar-refractivity contribution in [2.75, 3.05) is 6.54 Å². The van der Waals surface area contributed by atoms with Gasteiger partial charge in [-0.2, -0.15) is 5.10 Å². The van der Waals surface area contributed by atoms with Crippen molar-refractivity contribution in [3.05, 3.63) is 52.3 Å². The predicted molar refractivity (Wildman–Crippen MR) is 87.8 cm³/mol. The monoisotopic (exact) mass is 318 g/mol. The normalized spacial score (nSPS) is 10.6. The summed E-state index contributed by atoms with van der Waals surface area (Å²) in [6, 6.07) is 9.65. The molecule has 0 aliphatic carbocycles. The van der Waals surface area contributed by atoms with Crippen molar-refractivity contribution in [1.82, 2.24) is 10.7 Å². The number of non-ortho nitro benzene ring substituents is 1. The maximum absolute atomic E-state index is 10.6. The van der Waals surface area contributed by atoms with Gasteiger partial charge in [0, 0.05) is 24.2 Å². The van der Waals surface area contributed by atoms with E-state index in [0.717, 1.165) is 5.56 Å². The first kappa shape index (κ1) is 15.6. The molecule has 0 saturated carbocycles. The van der Waals surface area contributed by atoms with Crippen molar-refractivity contribution in [2.24, 2.45) is 5.10 Å². The Labute approximate surface area is 132 Å². The van der Waals surface area contributed by atoms with Crippen LogP contribution in [0.3, 0.4) is 0 Å². The highest BCUT2D eigenvalue weighted by atomic mass is 32.1. The van der Waals surface area contributed by atoms with Crippen LogP contribution in [0.2, 0.25) is 0 Å². The zero-order valence-electron chi connectivity index (χ0n) is 11.8. The Balaban J connectivity index is 2.03. The highest BCUT2D eigenvalue weighted by Crippen LogP contribution is 2.23. The number of thiocarbonyl (C=S) groups is 1. The molecule has 2 N–H and O–H groups in total. The minimum Gasteiger partial charge on any atom is -0.455 e. The molecule has 22 heavy (non-hydrogen) atoms. The molecule has 0 spiro atoms. The molecule has 0 bridgehead atoms. The van der Waals surface area contributed by atoms with E-state index in [1.807, 2.05) is 6.92 Å². The van der Waals surface area contributed by atoms with E-state index in [1.165, 1.54) is 18.3 Å². The lowest BCUT2D eigenvalue weighted by molar-refractivity contribution is -0.384. The average molecular weight is 318 g/mol. The standard InChI is InChI=1S/C14H14N4O3S/c1-2-15-14(22)17-16-9-12-7-8-13(21-12)10-3-5-11(6-4-10)18(19)20/h3-9H,2H2,1H3,(H2,15,17,22)/b16-9+. The van der Waals surface area contributed by atoms with Gasteiger partial charge in [0.2, 0.25) is 0 Å². The molecule has 0 radical (unpaired) electrons. The lowest BCUT2D eigenvalue weighted by Gasteiger charge is -2.01. The summed E-state index contributed by atoms with van der Waals surface area (Å²) in [6.07, 6.45) is 1.50. The maximum Gasteiger partial charge on any atom is 0.269 e. The summed E-state index contributed by atoms with van der Waals surface area (Å²) < 4.78 is 5.59. The smallest absolute Gasteiger partial charge is 0.269 e. The Kier molecular flexibility index (Phi) is 5.21. The molecule has 114 valence electrons. The number of rotatable bonds is 5. The van der Waals surface area contributed by atoms with Crippen LogP contribution in [0, 0.1) is 10.1 Å². The van der Waals surface area contributed by atoms with Gasteiger partial charge in [0.15, 0.2) is 5.11 Å². The van der Waals surface area contributed by atoms with Crippen LogP contribution in [0.15, 0.2) is 45.9 Å². The molecule has 1 aromatic heterocycles. The number of benzene rings is 1. The molecule has 7 nitrogen and oxygen atoms in total. The van der Waals surface area contributed by atoms with Crippen LogP contribution in [0.1, 0.15) is 12.7 Å². The Bertz CT molecular complexity index is 694. The molecular formula is C14H14N4O3S. The largest absolute Gasteiger partial charge is 0.455 e. The van der Waals surface area contributed by atoms with Crippen molar-refractivity contribution >= 4 is 29.2 Å². The molecule has 0 fully saturated rings. The van der Waals surface area contributed by atoms with E-state index in [4.69, 9.17) is 16.6 Å². The van der Waals surface area contributed by atoms with Crippen LogP contribution < -0.4 is 10.7 Å². The van der Waals surface area contributed by atoms with Crippen LogP contribution in [0.25, 0.3) is 11.3 Å². The van der Waals surface area contributed by atoms with Gasteiger partial charge in [0.05, 0.1) is 11.1 Å². The van der Waals surface area contributed by atoms with Crippen LogP contribution in [-0.2, 0) is 0 Å². The van der Waals surface area contributed by atoms with Crippen molar-refractivity contribution in [3.63, 3.8) is 0 Å². The molecule has 2 aromatic rings. The first-order valence-electron chi connectivity index (χ1n) is 6.51. The number of nitrogens with one attached hydrogen (secondary N) is 2. The van der Waals surface area contributed by atoms with Gasteiger partial charge in [-0.15, -0.1) is 0 Å². The number of furan rings is 1. The summed E-state index contributed by atoms with van der Waals surface area (Å²) in [4.78, 5) is 10.2. The average Bonchev–Trinajstić information content (AvgIpc) is 2.96. The number of nitro groups is 1. The minimum atomic E-state index is -0.442. The van der Waals surface area contributed by atoms with Crippen molar-refractivity contribution in [3.8, 4) is 11.3 Å². The van der Waals surface area contributed by atoms with Crippen molar-refractivity contribution < 1.29 is 9.34 Å². The number of hydrazone groups is 1. The number of hydrogen-bond acceptors (Lipinski definition) is 5. The van der Waals surface area contributed by atoms with Gasteiger partial charge in [-0.1, -0.05) is 0 Å². The van der Waals surface area contributed by atoms with E-state index < -0.39 is 4.92 Å². The second kappa shape index (κ2) is 7.32. The minimum absolute atomic E-state index is 0.0400. The molecule has 0 amide bonds. The van der Waals surface area contributed by atoms with Gasteiger partial charge in [-0.3, -0.25) is 15.5 Å². The van der Waals surface area contributed by atoms with E-state index in [9.17, 15) is 10.1 Å². The number of nitrogens with zero attached hydrogens (tertiary/aromatic N) is 2. The molecule has 1 aromatic carbocycles. The van der Waals surface area contributed by atoms with Gasteiger partial charge in [-0.25, -0.2) is 0 Å². The zero-order chi connectivity index (χ0) is 15.9. The highest BCUT2D eigenvalue weighted by Gasteiger charge is 2.07. The lowest BCUT2D eigenvalue weighted by atomic mass is 10.1. The fourth-order valence-corrected chi connectivity index (χ4v) is 1.88. The summed E-state index contributed by atoms with van der Waals surface area (Å²) in [5.74, 6) is 1.14. The third-order valence-corrected chi connectivity index (χ3v) is 2.92. The summed E-state index contributed by atoms with van der Waals surface area (Å²) in [5, 5.41) is 17.9. The first-order chi connectivity index (χ1) is 10.6. The van der Waals surface area contributed by atoms with Gasteiger partial charge < -0.3 is 9.73 Å². The van der Waals surface area contributed by atoms with Crippen molar-refractivity contribution in [2.45, 2.75) is 6.92 Å². The molecule has 0 aliphatic heterocycles. The van der Waals surface area contributed by atoms with Gasteiger partial charge in [0.1, 0.15) is 11.5 Å².